The highest BCUT2D eigenvalue weighted by molar-refractivity contribution is 5.85. The zero-order valence-electron chi connectivity index (χ0n) is 20.5. The lowest BCUT2D eigenvalue weighted by Crippen LogP contribution is -2.46. The fourth-order valence-electron chi connectivity index (χ4n) is 4.40. The summed E-state index contributed by atoms with van der Waals surface area (Å²) < 4.78 is 16.3. The molecule has 186 valence electrons. The number of ether oxygens (including phenoxy) is 3. The third-order valence-corrected chi connectivity index (χ3v) is 6.29. The van der Waals surface area contributed by atoms with Gasteiger partial charge in [0.2, 0.25) is 6.79 Å². The third kappa shape index (κ3) is 5.04. The van der Waals surface area contributed by atoms with Crippen LogP contribution in [0.15, 0.2) is 42.5 Å². The zero-order chi connectivity index (χ0) is 25.1. The van der Waals surface area contributed by atoms with Crippen LogP contribution in [0, 0.1) is 17.2 Å². The highest BCUT2D eigenvalue weighted by atomic mass is 16.7. The average molecular weight is 488 g/mol. The van der Waals surface area contributed by atoms with Crippen molar-refractivity contribution in [2.24, 2.45) is 5.92 Å². The lowest BCUT2D eigenvalue weighted by Gasteiger charge is -2.36. The Hall–Kier alpha value is -3.90. The Morgan fingerprint density at radius 3 is 2.50 bits per heavy atom. The van der Waals surface area contributed by atoms with Crippen molar-refractivity contribution >= 4 is 22.8 Å². The van der Waals surface area contributed by atoms with Crippen molar-refractivity contribution < 1.29 is 19.0 Å². The molecule has 1 aromatic heterocycles. The van der Waals surface area contributed by atoms with E-state index in [4.69, 9.17) is 24.2 Å². The van der Waals surface area contributed by atoms with E-state index >= 15 is 0 Å². The van der Waals surface area contributed by atoms with Crippen molar-refractivity contribution in [1.29, 1.82) is 5.26 Å². The molecule has 2 aromatic carbocycles. The van der Waals surface area contributed by atoms with Gasteiger partial charge in [-0.2, -0.15) is 5.26 Å². The number of carbonyl (C=O) groups excluding carboxylic acids is 1. The molecule has 5 rings (SSSR count). The molecule has 0 radical (unpaired) electrons. The van der Waals surface area contributed by atoms with Crippen LogP contribution in [0.3, 0.4) is 0 Å². The van der Waals surface area contributed by atoms with E-state index in [2.05, 4.69) is 21.9 Å². The molecular weight excluding hydrogens is 458 g/mol. The molecule has 9 heteroatoms. The predicted molar refractivity (Wildman–Crippen MR) is 134 cm³/mol. The van der Waals surface area contributed by atoms with Gasteiger partial charge in [0.05, 0.1) is 23.7 Å². The number of piperazine rings is 1. The van der Waals surface area contributed by atoms with Crippen LogP contribution in [0.2, 0.25) is 0 Å². The molecular formula is C27H29N5O4. The van der Waals surface area contributed by atoms with Crippen LogP contribution < -0.4 is 14.4 Å². The molecule has 0 N–H and O–H groups in total. The molecule has 0 spiro atoms. The first-order valence-electron chi connectivity index (χ1n) is 12.2. The Labute approximate surface area is 210 Å². The number of aromatic nitrogens is 2. The average Bonchev–Trinajstić information content (AvgIpc) is 3.36. The number of rotatable bonds is 7. The highest BCUT2D eigenvalue weighted by Crippen LogP contribution is 2.33. The number of hydrogen-bond acceptors (Lipinski definition) is 9. The molecule has 0 saturated carbocycles. The summed E-state index contributed by atoms with van der Waals surface area (Å²) in [5.74, 6) is 0.595. The number of nitrogens with zero attached hydrogens (tertiary/aromatic N) is 5. The van der Waals surface area contributed by atoms with E-state index in [0.29, 0.717) is 30.1 Å². The van der Waals surface area contributed by atoms with Crippen molar-refractivity contribution in [2.45, 2.75) is 26.3 Å². The quantitative estimate of drug-likeness (QED) is 0.464. The Balaban J connectivity index is 1.35. The first-order valence-corrected chi connectivity index (χ1v) is 12.2. The number of anilines is 1. The first kappa shape index (κ1) is 23.8. The van der Waals surface area contributed by atoms with E-state index < -0.39 is 11.9 Å². The largest absolute Gasteiger partial charge is 0.464 e. The normalized spacial score (nSPS) is 16.2. The molecule has 36 heavy (non-hydrogen) atoms. The lowest BCUT2D eigenvalue weighted by atomic mass is 10.1. The van der Waals surface area contributed by atoms with E-state index in [1.807, 2.05) is 50.2 Å². The Bertz CT molecular complexity index is 1300. The number of hydrogen-bond donors (Lipinski definition) is 0. The molecule has 0 aliphatic carbocycles. The molecule has 3 aromatic rings. The third-order valence-electron chi connectivity index (χ3n) is 6.29. The van der Waals surface area contributed by atoms with Crippen LogP contribution >= 0.6 is 0 Å². The SMILES string of the molecule is CC(C)COC(=O)[C@@H](C#N)c1nc2ccccc2nc1N1CCN(Cc2ccc3c(c2)OCO3)CC1. The summed E-state index contributed by atoms with van der Waals surface area (Å²) in [4.78, 5) is 26.9. The second-order valence-electron chi connectivity index (χ2n) is 9.46. The molecule has 1 atom stereocenters. The smallest absolute Gasteiger partial charge is 0.329 e. The molecule has 2 aliphatic heterocycles. The van der Waals surface area contributed by atoms with E-state index in [1.54, 1.807) is 0 Å². The second kappa shape index (κ2) is 10.4. The Kier molecular flexibility index (Phi) is 6.87. The van der Waals surface area contributed by atoms with Crippen molar-refractivity contribution in [3.05, 3.63) is 53.7 Å². The minimum atomic E-state index is -1.14. The van der Waals surface area contributed by atoms with Crippen molar-refractivity contribution in [1.82, 2.24) is 14.9 Å². The van der Waals surface area contributed by atoms with E-state index in [0.717, 1.165) is 42.2 Å². The van der Waals surface area contributed by atoms with Gasteiger partial charge >= 0.3 is 5.97 Å². The highest BCUT2D eigenvalue weighted by Gasteiger charge is 2.31. The van der Waals surface area contributed by atoms with E-state index in [1.165, 1.54) is 0 Å². The van der Waals surface area contributed by atoms with Crippen LogP contribution in [0.1, 0.15) is 31.0 Å². The van der Waals surface area contributed by atoms with Crippen molar-refractivity contribution in [3.8, 4) is 17.6 Å². The van der Waals surface area contributed by atoms with E-state index in [9.17, 15) is 10.1 Å². The number of benzene rings is 2. The summed E-state index contributed by atoms with van der Waals surface area (Å²) in [6.45, 7) is 8.23. The van der Waals surface area contributed by atoms with Gasteiger partial charge in [-0.05, 0) is 35.7 Å². The van der Waals surface area contributed by atoms with Crippen LogP contribution in [0.5, 0.6) is 11.5 Å². The maximum atomic E-state index is 12.8. The minimum Gasteiger partial charge on any atom is -0.464 e. The molecule has 0 amide bonds. The number of fused-ring (bicyclic) bond motifs is 2. The van der Waals surface area contributed by atoms with Crippen molar-refractivity contribution in [2.75, 3.05) is 44.5 Å². The van der Waals surface area contributed by atoms with E-state index in [-0.39, 0.29) is 19.3 Å². The fraction of sp³-hybridized carbons (Fsp3) is 0.407. The van der Waals surface area contributed by atoms with Gasteiger partial charge in [0, 0.05) is 32.7 Å². The summed E-state index contributed by atoms with van der Waals surface area (Å²) in [5.41, 5.74) is 2.89. The van der Waals surface area contributed by atoms with Crippen molar-refractivity contribution in [3.63, 3.8) is 0 Å². The maximum Gasteiger partial charge on any atom is 0.329 e. The van der Waals surface area contributed by atoms with Crippen LogP contribution in [0.25, 0.3) is 11.0 Å². The molecule has 0 bridgehead atoms. The summed E-state index contributed by atoms with van der Waals surface area (Å²) in [5, 5.41) is 9.92. The Morgan fingerprint density at radius 2 is 1.78 bits per heavy atom. The van der Waals surface area contributed by atoms with Gasteiger partial charge in [0.25, 0.3) is 0 Å². The van der Waals surface area contributed by atoms with Gasteiger partial charge < -0.3 is 19.1 Å². The van der Waals surface area contributed by atoms with Gasteiger partial charge in [-0.15, -0.1) is 0 Å². The van der Waals surface area contributed by atoms with Gasteiger partial charge in [0.15, 0.2) is 23.2 Å². The molecule has 1 fully saturated rings. The topological polar surface area (TPSA) is 101 Å². The first-order chi connectivity index (χ1) is 17.5. The molecule has 2 aliphatic rings. The lowest BCUT2D eigenvalue weighted by molar-refractivity contribution is -0.145. The molecule has 0 unspecified atom stereocenters. The number of carbonyl (C=O) groups is 1. The summed E-state index contributed by atoms with van der Waals surface area (Å²) >= 11 is 0. The van der Waals surface area contributed by atoms with Crippen LogP contribution in [-0.4, -0.2) is 60.4 Å². The van der Waals surface area contributed by atoms with Gasteiger partial charge in [-0.25, -0.2) is 9.97 Å². The maximum absolute atomic E-state index is 12.8. The standard InChI is InChI=1S/C27H29N5O4/c1-18(2)16-34-27(33)20(14-28)25-26(30-22-6-4-3-5-21(22)29-25)32-11-9-31(10-12-32)15-19-7-8-23-24(13-19)36-17-35-23/h3-8,13,18,20H,9-12,15-17H2,1-2H3/t20-/m0/s1. The number of para-hydroxylation sites is 2. The number of nitriles is 1. The minimum absolute atomic E-state index is 0.174. The van der Waals surface area contributed by atoms with Gasteiger partial charge in [0.1, 0.15) is 5.69 Å². The molecule has 1 saturated heterocycles. The second-order valence-corrected chi connectivity index (χ2v) is 9.46. The monoisotopic (exact) mass is 487 g/mol. The fourth-order valence-corrected chi connectivity index (χ4v) is 4.40. The summed E-state index contributed by atoms with van der Waals surface area (Å²) in [7, 11) is 0. The zero-order valence-corrected chi connectivity index (χ0v) is 20.5. The predicted octanol–water partition coefficient (Wildman–Crippen LogP) is 3.49. The number of esters is 1. The summed E-state index contributed by atoms with van der Waals surface area (Å²) in [6, 6.07) is 15.7. The van der Waals surface area contributed by atoms with Crippen LogP contribution in [0.4, 0.5) is 5.82 Å². The molecule has 9 nitrogen and oxygen atoms in total. The molecule has 3 heterocycles. The van der Waals surface area contributed by atoms with Gasteiger partial charge in [-0.1, -0.05) is 32.0 Å². The summed E-state index contributed by atoms with van der Waals surface area (Å²) in [6.07, 6.45) is 0. The van der Waals surface area contributed by atoms with Crippen LogP contribution in [-0.2, 0) is 16.1 Å². The Morgan fingerprint density at radius 1 is 1.06 bits per heavy atom. The van der Waals surface area contributed by atoms with Gasteiger partial charge in [-0.3, -0.25) is 9.69 Å².